The first-order valence-corrected chi connectivity index (χ1v) is 4.90. The van der Waals surface area contributed by atoms with Crippen molar-refractivity contribution >= 4 is 0 Å². The van der Waals surface area contributed by atoms with E-state index in [4.69, 9.17) is 5.26 Å². The van der Waals surface area contributed by atoms with E-state index in [1.165, 1.54) is 19.3 Å². The van der Waals surface area contributed by atoms with E-state index in [0.717, 1.165) is 24.9 Å². The van der Waals surface area contributed by atoms with E-state index >= 15 is 0 Å². The summed E-state index contributed by atoms with van der Waals surface area (Å²) in [5, 5.41) is 11.6. The Morgan fingerprint density at radius 3 is 2.92 bits per heavy atom. The van der Waals surface area contributed by atoms with E-state index in [2.05, 4.69) is 18.3 Å². The van der Waals surface area contributed by atoms with Crippen molar-refractivity contribution in [3.05, 3.63) is 0 Å². The molecule has 1 aliphatic rings. The van der Waals surface area contributed by atoms with Crippen LogP contribution in [-0.2, 0) is 0 Å². The smallest absolute Gasteiger partial charge is 0.0635 e. The molecule has 0 saturated heterocycles. The van der Waals surface area contributed by atoms with Crippen LogP contribution in [0.5, 0.6) is 0 Å². The highest BCUT2D eigenvalue weighted by Crippen LogP contribution is 2.29. The molecule has 0 spiro atoms. The maximum absolute atomic E-state index is 8.31. The zero-order valence-electron chi connectivity index (χ0n) is 7.84. The van der Waals surface area contributed by atoms with Gasteiger partial charge < -0.3 is 5.32 Å². The lowest BCUT2D eigenvalue weighted by Gasteiger charge is -2.09. The van der Waals surface area contributed by atoms with Gasteiger partial charge in [-0.15, -0.1) is 0 Å². The van der Waals surface area contributed by atoms with Gasteiger partial charge in [-0.05, 0) is 31.2 Å². The zero-order valence-corrected chi connectivity index (χ0v) is 7.84. The highest BCUT2D eigenvalue weighted by molar-refractivity contribution is 4.76. The molecular formula is C10H18N2. The maximum Gasteiger partial charge on any atom is 0.0635 e. The first-order valence-electron chi connectivity index (χ1n) is 4.90. The minimum Gasteiger partial charge on any atom is -0.315 e. The van der Waals surface area contributed by atoms with Crippen LogP contribution in [-0.4, -0.2) is 13.1 Å². The van der Waals surface area contributed by atoms with E-state index in [0.29, 0.717) is 6.42 Å². The number of nitriles is 1. The lowest BCUT2D eigenvalue weighted by atomic mass is 10.1. The lowest BCUT2D eigenvalue weighted by molar-refractivity contribution is 0.474. The van der Waals surface area contributed by atoms with Crippen LogP contribution in [0, 0.1) is 23.2 Å². The summed E-state index contributed by atoms with van der Waals surface area (Å²) in [6.07, 6.45) is 4.78. The Labute approximate surface area is 75.0 Å². The zero-order chi connectivity index (χ0) is 8.81. The number of hydrogen-bond donors (Lipinski definition) is 1. The van der Waals surface area contributed by atoms with Crippen LogP contribution in [0.3, 0.4) is 0 Å². The third kappa shape index (κ3) is 3.23. The summed E-state index contributed by atoms with van der Waals surface area (Å²) in [6, 6.07) is 2.14. The molecule has 2 nitrogen and oxygen atoms in total. The molecule has 2 atom stereocenters. The first-order chi connectivity index (χ1) is 5.83. The molecule has 0 radical (unpaired) electrons. The molecule has 2 unspecified atom stereocenters. The van der Waals surface area contributed by atoms with Crippen molar-refractivity contribution in [1.29, 1.82) is 5.26 Å². The summed E-state index contributed by atoms with van der Waals surface area (Å²) in [6.45, 7) is 4.31. The average Bonchev–Trinajstić information content (AvgIpc) is 2.45. The largest absolute Gasteiger partial charge is 0.315 e. The Balaban J connectivity index is 1.97. The normalized spacial score (nSPS) is 28.7. The van der Waals surface area contributed by atoms with Crippen molar-refractivity contribution in [2.45, 2.75) is 32.6 Å². The van der Waals surface area contributed by atoms with Crippen molar-refractivity contribution in [1.82, 2.24) is 5.32 Å². The maximum atomic E-state index is 8.31. The number of nitrogens with one attached hydrogen (secondary N) is 1. The summed E-state index contributed by atoms with van der Waals surface area (Å²) in [5.74, 6) is 1.80. The van der Waals surface area contributed by atoms with Crippen molar-refractivity contribution in [2.75, 3.05) is 13.1 Å². The summed E-state index contributed by atoms with van der Waals surface area (Å²) >= 11 is 0. The molecule has 0 aromatic rings. The number of nitrogens with zero attached hydrogens (tertiary/aromatic N) is 1. The molecule has 1 fully saturated rings. The molecule has 12 heavy (non-hydrogen) atoms. The van der Waals surface area contributed by atoms with Crippen LogP contribution in [0.4, 0.5) is 0 Å². The Kier molecular flexibility index (Phi) is 4.10. The highest BCUT2D eigenvalue weighted by atomic mass is 14.9. The SMILES string of the molecule is CC1CCC(CNCCC#N)C1. The van der Waals surface area contributed by atoms with Crippen LogP contribution in [0.1, 0.15) is 32.6 Å². The first kappa shape index (κ1) is 9.54. The monoisotopic (exact) mass is 166 g/mol. The van der Waals surface area contributed by atoms with Gasteiger partial charge in [0.25, 0.3) is 0 Å². The molecule has 0 heterocycles. The predicted octanol–water partition coefficient (Wildman–Crippen LogP) is 1.93. The van der Waals surface area contributed by atoms with Crippen LogP contribution in [0.2, 0.25) is 0 Å². The Morgan fingerprint density at radius 2 is 2.33 bits per heavy atom. The fraction of sp³-hybridized carbons (Fsp3) is 0.900. The minimum absolute atomic E-state index is 0.641. The molecule has 0 aliphatic heterocycles. The standard InChI is InChI=1S/C10H18N2/c1-9-3-4-10(7-9)8-12-6-2-5-11/h9-10,12H,2-4,6-8H2,1H3. The van der Waals surface area contributed by atoms with Gasteiger partial charge in [0.1, 0.15) is 0 Å². The van der Waals surface area contributed by atoms with Gasteiger partial charge in [-0.1, -0.05) is 13.3 Å². The lowest BCUT2D eigenvalue weighted by Crippen LogP contribution is -2.22. The molecular weight excluding hydrogens is 148 g/mol. The average molecular weight is 166 g/mol. The van der Waals surface area contributed by atoms with E-state index in [1.54, 1.807) is 0 Å². The minimum atomic E-state index is 0.641. The van der Waals surface area contributed by atoms with Gasteiger partial charge in [0.15, 0.2) is 0 Å². The number of hydrogen-bond acceptors (Lipinski definition) is 2. The summed E-state index contributed by atoms with van der Waals surface area (Å²) < 4.78 is 0. The molecule has 2 heteroatoms. The van der Waals surface area contributed by atoms with Crippen molar-refractivity contribution in [3.8, 4) is 6.07 Å². The fourth-order valence-corrected chi connectivity index (χ4v) is 1.96. The Hall–Kier alpha value is -0.550. The molecule has 0 aromatic carbocycles. The van der Waals surface area contributed by atoms with Gasteiger partial charge >= 0.3 is 0 Å². The molecule has 1 saturated carbocycles. The Morgan fingerprint density at radius 1 is 1.50 bits per heavy atom. The molecule has 0 amide bonds. The molecule has 1 rings (SSSR count). The molecule has 68 valence electrons. The van der Waals surface area contributed by atoms with E-state index in [-0.39, 0.29) is 0 Å². The van der Waals surface area contributed by atoms with Crippen LogP contribution < -0.4 is 5.32 Å². The highest BCUT2D eigenvalue weighted by Gasteiger charge is 2.20. The van der Waals surface area contributed by atoms with Crippen molar-refractivity contribution < 1.29 is 0 Å². The van der Waals surface area contributed by atoms with Gasteiger partial charge in [-0.25, -0.2) is 0 Å². The van der Waals surface area contributed by atoms with Gasteiger partial charge in [-0.2, -0.15) is 5.26 Å². The molecule has 1 aliphatic carbocycles. The van der Waals surface area contributed by atoms with E-state index in [9.17, 15) is 0 Å². The fourth-order valence-electron chi connectivity index (χ4n) is 1.96. The summed E-state index contributed by atoms with van der Waals surface area (Å²) in [5.41, 5.74) is 0. The van der Waals surface area contributed by atoms with E-state index in [1.807, 2.05) is 0 Å². The van der Waals surface area contributed by atoms with Crippen LogP contribution in [0.15, 0.2) is 0 Å². The Bertz CT molecular complexity index is 160. The van der Waals surface area contributed by atoms with Crippen molar-refractivity contribution in [2.24, 2.45) is 11.8 Å². The predicted molar refractivity (Wildman–Crippen MR) is 49.6 cm³/mol. The van der Waals surface area contributed by atoms with E-state index < -0.39 is 0 Å². The second kappa shape index (κ2) is 5.16. The number of rotatable bonds is 4. The second-order valence-electron chi connectivity index (χ2n) is 3.90. The molecule has 0 aromatic heterocycles. The quantitative estimate of drug-likeness (QED) is 0.648. The van der Waals surface area contributed by atoms with Gasteiger partial charge in [0.05, 0.1) is 6.07 Å². The van der Waals surface area contributed by atoms with Crippen LogP contribution >= 0.6 is 0 Å². The third-order valence-electron chi connectivity index (χ3n) is 2.65. The summed E-state index contributed by atoms with van der Waals surface area (Å²) in [4.78, 5) is 0. The van der Waals surface area contributed by atoms with Gasteiger partial charge in [0.2, 0.25) is 0 Å². The second-order valence-corrected chi connectivity index (χ2v) is 3.90. The topological polar surface area (TPSA) is 35.8 Å². The van der Waals surface area contributed by atoms with Gasteiger partial charge in [0, 0.05) is 13.0 Å². The third-order valence-corrected chi connectivity index (χ3v) is 2.65. The van der Waals surface area contributed by atoms with Crippen molar-refractivity contribution in [3.63, 3.8) is 0 Å². The molecule has 1 N–H and O–H groups in total. The van der Waals surface area contributed by atoms with Gasteiger partial charge in [-0.3, -0.25) is 0 Å². The van der Waals surface area contributed by atoms with Crippen LogP contribution in [0.25, 0.3) is 0 Å². The molecule has 0 bridgehead atoms. The summed E-state index contributed by atoms with van der Waals surface area (Å²) in [7, 11) is 0.